The molecule has 1 N–H and O–H groups in total. The van der Waals surface area contributed by atoms with Crippen molar-refractivity contribution >= 4 is 27.8 Å². The van der Waals surface area contributed by atoms with Gasteiger partial charge in [0, 0.05) is 24.9 Å². The van der Waals surface area contributed by atoms with E-state index in [0.717, 1.165) is 17.4 Å². The van der Waals surface area contributed by atoms with Crippen molar-refractivity contribution < 1.29 is 0 Å². The van der Waals surface area contributed by atoms with Crippen LogP contribution in [0.5, 0.6) is 0 Å². The summed E-state index contributed by atoms with van der Waals surface area (Å²) in [6.07, 6.45) is 2.56. The van der Waals surface area contributed by atoms with Gasteiger partial charge in [0.05, 0.1) is 16.3 Å². The smallest absolute Gasteiger partial charge is 0.182 e. The zero-order valence-corrected chi connectivity index (χ0v) is 13.1. The van der Waals surface area contributed by atoms with Gasteiger partial charge in [-0.2, -0.15) is 0 Å². The van der Waals surface area contributed by atoms with Crippen molar-refractivity contribution in [2.75, 3.05) is 26.5 Å². The first-order valence-corrected chi connectivity index (χ1v) is 8.15. The maximum atomic E-state index is 4.84. The first kappa shape index (κ1) is 13.0. The zero-order valence-electron chi connectivity index (χ0n) is 11.4. The largest absolute Gasteiger partial charge is 0.365 e. The Kier molecular flexibility index (Phi) is 3.56. The summed E-state index contributed by atoms with van der Waals surface area (Å²) in [5, 5.41) is 7.40. The van der Waals surface area contributed by atoms with Gasteiger partial charge < -0.3 is 10.2 Å². The Bertz CT molecular complexity index is 569. The van der Waals surface area contributed by atoms with Gasteiger partial charge in [0.25, 0.3) is 0 Å². The maximum absolute atomic E-state index is 4.84. The van der Waals surface area contributed by atoms with Crippen LogP contribution in [0.1, 0.15) is 29.5 Å². The van der Waals surface area contributed by atoms with Crippen molar-refractivity contribution in [3.05, 3.63) is 16.1 Å². The molecule has 6 heteroatoms. The van der Waals surface area contributed by atoms with Crippen LogP contribution in [0.15, 0.2) is 5.38 Å². The van der Waals surface area contributed by atoms with Crippen LogP contribution in [0.2, 0.25) is 0 Å². The van der Waals surface area contributed by atoms with Gasteiger partial charge in [-0.05, 0) is 26.9 Å². The second-order valence-electron chi connectivity index (χ2n) is 5.12. The maximum Gasteiger partial charge on any atom is 0.182 e. The molecule has 0 saturated heterocycles. The normalized spacial score (nSPS) is 15.2. The molecule has 1 saturated carbocycles. The van der Waals surface area contributed by atoms with E-state index in [0.29, 0.717) is 5.92 Å². The molecule has 3 rings (SSSR count). The quantitative estimate of drug-likeness (QED) is 0.919. The Hall–Kier alpha value is -0.980. The molecule has 0 atom stereocenters. The monoisotopic (exact) mass is 294 g/mol. The van der Waals surface area contributed by atoms with Gasteiger partial charge in [0.15, 0.2) is 5.13 Å². The molecule has 0 spiro atoms. The molecule has 102 valence electrons. The third-order valence-electron chi connectivity index (χ3n) is 3.06. The lowest BCUT2D eigenvalue weighted by Gasteiger charge is -2.04. The van der Waals surface area contributed by atoms with Crippen LogP contribution in [0.25, 0.3) is 10.6 Å². The Morgan fingerprint density at radius 1 is 1.37 bits per heavy atom. The van der Waals surface area contributed by atoms with Crippen LogP contribution < -0.4 is 5.32 Å². The van der Waals surface area contributed by atoms with Gasteiger partial charge in [0.1, 0.15) is 5.01 Å². The minimum absolute atomic E-state index is 0.668. The van der Waals surface area contributed by atoms with E-state index in [4.69, 9.17) is 4.98 Å². The standard InChI is InChI=1S/C13H18N4S2/c1-14-13-15-9(7-18-13)12-11(8-4-5-8)16-10(19-12)6-17(2)3/h7-8H,4-6H2,1-3H3,(H,14,15). The molecular formula is C13H18N4S2. The number of nitrogens with one attached hydrogen (secondary N) is 1. The number of hydrogen-bond acceptors (Lipinski definition) is 6. The predicted octanol–water partition coefficient (Wildman–Crippen LogP) is 3.25. The average Bonchev–Trinajstić information content (AvgIpc) is 2.96. The number of hydrogen-bond donors (Lipinski definition) is 1. The highest BCUT2D eigenvalue weighted by molar-refractivity contribution is 7.16. The minimum atomic E-state index is 0.668. The van der Waals surface area contributed by atoms with E-state index in [2.05, 4.69) is 34.7 Å². The SMILES string of the molecule is CNc1nc(-c2sc(CN(C)C)nc2C2CC2)cs1. The van der Waals surface area contributed by atoms with Gasteiger partial charge in [0.2, 0.25) is 0 Å². The van der Waals surface area contributed by atoms with Crippen molar-refractivity contribution in [3.8, 4) is 10.6 Å². The molecule has 2 heterocycles. The molecule has 0 bridgehead atoms. The highest BCUT2D eigenvalue weighted by Crippen LogP contribution is 2.46. The third-order valence-corrected chi connectivity index (χ3v) is 5.00. The van der Waals surface area contributed by atoms with E-state index in [1.54, 1.807) is 22.7 Å². The Balaban J connectivity index is 1.96. The summed E-state index contributed by atoms with van der Waals surface area (Å²) in [6, 6.07) is 0. The lowest BCUT2D eigenvalue weighted by molar-refractivity contribution is 0.401. The van der Waals surface area contributed by atoms with Crippen LogP contribution >= 0.6 is 22.7 Å². The van der Waals surface area contributed by atoms with Crippen molar-refractivity contribution in [3.63, 3.8) is 0 Å². The van der Waals surface area contributed by atoms with Crippen molar-refractivity contribution in [1.29, 1.82) is 0 Å². The topological polar surface area (TPSA) is 41.1 Å². The van der Waals surface area contributed by atoms with Gasteiger partial charge in [-0.1, -0.05) is 0 Å². The van der Waals surface area contributed by atoms with E-state index < -0.39 is 0 Å². The Morgan fingerprint density at radius 2 is 2.16 bits per heavy atom. The number of nitrogens with zero attached hydrogens (tertiary/aromatic N) is 3. The Labute approximate surface area is 121 Å². The molecule has 4 nitrogen and oxygen atoms in total. The number of aromatic nitrogens is 2. The fourth-order valence-electron chi connectivity index (χ4n) is 2.03. The molecule has 2 aromatic heterocycles. The summed E-state index contributed by atoms with van der Waals surface area (Å²) in [4.78, 5) is 12.9. The molecule has 0 radical (unpaired) electrons. The van der Waals surface area contributed by atoms with Gasteiger partial charge in [-0.15, -0.1) is 22.7 Å². The highest BCUT2D eigenvalue weighted by atomic mass is 32.1. The summed E-state index contributed by atoms with van der Waals surface area (Å²) in [6.45, 7) is 0.910. The lowest BCUT2D eigenvalue weighted by atomic mass is 10.2. The van der Waals surface area contributed by atoms with Crippen LogP contribution in [0.4, 0.5) is 5.13 Å². The summed E-state index contributed by atoms with van der Waals surface area (Å²) in [5.41, 5.74) is 2.36. The lowest BCUT2D eigenvalue weighted by Crippen LogP contribution is -2.10. The third kappa shape index (κ3) is 2.80. The number of rotatable bonds is 5. The van der Waals surface area contributed by atoms with E-state index >= 15 is 0 Å². The summed E-state index contributed by atoms with van der Waals surface area (Å²) < 4.78 is 0. The van der Waals surface area contributed by atoms with Crippen LogP contribution in [-0.2, 0) is 6.54 Å². The molecular weight excluding hydrogens is 276 g/mol. The second-order valence-corrected chi connectivity index (χ2v) is 7.06. The highest BCUT2D eigenvalue weighted by Gasteiger charge is 2.30. The molecule has 0 aliphatic heterocycles. The summed E-state index contributed by atoms with van der Waals surface area (Å²) in [5.74, 6) is 0.668. The summed E-state index contributed by atoms with van der Waals surface area (Å²) in [7, 11) is 6.08. The fraction of sp³-hybridized carbons (Fsp3) is 0.538. The predicted molar refractivity (Wildman–Crippen MR) is 82.1 cm³/mol. The molecule has 1 aliphatic carbocycles. The molecule has 1 fully saturated rings. The van der Waals surface area contributed by atoms with Crippen LogP contribution in [0.3, 0.4) is 0 Å². The van der Waals surface area contributed by atoms with Crippen molar-refractivity contribution in [2.24, 2.45) is 0 Å². The first-order valence-electron chi connectivity index (χ1n) is 6.45. The molecule has 1 aliphatic rings. The minimum Gasteiger partial charge on any atom is -0.365 e. The molecule has 0 unspecified atom stereocenters. The molecule has 0 aromatic carbocycles. The number of thiazole rings is 2. The second kappa shape index (κ2) is 5.19. The average molecular weight is 294 g/mol. The van der Waals surface area contributed by atoms with E-state index in [1.807, 2.05) is 7.05 Å². The van der Waals surface area contributed by atoms with E-state index in [9.17, 15) is 0 Å². The van der Waals surface area contributed by atoms with Crippen molar-refractivity contribution in [1.82, 2.24) is 14.9 Å². The molecule has 19 heavy (non-hydrogen) atoms. The van der Waals surface area contributed by atoms with Gasteiger partial charge >= 0.3 is 0 Å². The van der Waals surface area contributed by atoms with Crippen LogP contribution in [0, 0.1) is 0 Å². The fourth-order valence-corrected chi connectivity index (χ4v) is 3.99. The number of anilines is 1. The molecule has 2 aromatic rings. The van der Waals surface area contributed by atoms with E-state index in [1.165, 1.54) is 28.4 Å². The van der Waals surface area contributed by atoms with Crippen LogP contribution in [-0.4, -0.2) is 36.0 Å². The van der Waals surface area contributed by atoms with E-state index in [-0.39, 0.29) is 0 Å². The van der Waals surface area contributed by atoms with Gasteiger partial charge in [-0.25, -0.2) is 9.97 Å². The molecule has 0 amide bonds. The van der Waals surface area contributed by atoms with Gasteiger partial charge in [-0.3, -0.25) is 0 Å². The first-order chi connectivity index (χ1) is 9.17. The van der Waals surface area contributed by atoms with Crippen molar-refractivity contribution in [2.45, 2.75) is 25.3 Å². The zero-order chi connectivity index (χ0) is 13.4. The summed E-state index contributed by atoms with van der Waals surface area (Å²) >= 11 is 3.45. The Morgan fingerprint density at radius 3 is 2.74 bits per heavy atom.